The summed E-state index contributed by atoms with van der Waals surface area (Å²) in [6.07, 6.45) is 3.71. The lowest BCUT2D eigenvalue weighted by Gasteiger charge is -2.48. The predicted octanol–water partition coefficient (Wildman–Crippen LogP) is 2.66. The van der Waals surface area contributed by atoms with Gasteiger partial charge in [-0.2, -0.15) is 0 Å². The molecule has 0 bridgehead atoms. The molecule has 1 atom stereocenters. The Bertz CT molecular complexity index is 482. The molecular formula is C18H28N2O2. The SMILES string of the molecule is COCC1COCCC12CCN(Cc1cccc(C)n1)CC2. The van der Waals surface area contributed by atoms with Crippen molar-refractivity contribution in [3.05, 3.63) is 29.6 Å². The fourth-order valence-electron chi connectivity index (χ4n) is 4.04. The van der Waals surface area contributed by atoms with Crippen LogP contribution in [0.2, 0.25) is 0 Å². The molecule has 2 saturated heterocycles. The third-order valence-corrected chi connectivity index (χ3v) is 5.48. The summed E-state index contributed by atoms with van der Waals surface area (Å²) in [6.45, 7) is 7.98. The van der Waals surface area contributed by atoms with Crippen molar-refractivity contribution >= 4 is 0 Å². The van der Waals surface area contributed by atoms with Gasteiger partial charge in [-0.3, -0.25) is 9.88 Å². The number of ether oxygens (including phenoxy) is 2. The number of pyridine rings is 1. The Kier molecular flexibility index (Phi) is 5.11. The second-order valence-electron chi connectivity index (χ2n) is 6.89. The first-order valence-corrected chi connectivity index (χ1v) is 8.43. The monoisotopic (exact) mass is 304 g/mol. The lowest BCUT2D eigenvalue weighted by atomic mass is 9.66. The van der Waals surface area contributed by atoms with E-state index in [0.29, 0.717) is 11.3 Å². The molecule has 0 amide bonds. The number of methoxy groups -OCH3 is 1. The molecule has 0 aromatic carbocycles. The zero-order valence-corrected chi connectivity index (χ0v) is 13.9. The van der Waals surface area contributed by atoms with Gasteiger partial charge < -0.3 is 9.47 Å². The van der Waals surface area contributed by atoms with E-state index in [1.807, 2.05) is 0 Å². The molecule has 1 unspecified atom stereocenters. The smallest absolute Gasteiger partial charge is 0.0547 e. The van der Waals surface area contributed by atoms with Crippen LogP contribution >= 0.6 is 0 Å². The number of rotatable bonds is 4. The van der Waals surface area contributed by atoms with Crippen LogP contribution in [0, 0.1) is 18.3 Å². The minimum absolute atomic E-state index is 0.435. The molecule has 3 heterocycles. The topological polar surface area (TPSA) is 34.6 Å². The van der Waals surface area contributed by atoms with Crippen LogP contribution in [0.3, 0.4) is 0 Å². The summed E-state index contributed by atoms with van der Waals surface area (Å²) in [5, 5.41) is 0. The van der Waals surface area contributed by atoms with Crippen molar-refractivity contribution in [3.8, 4) is 0 Å². The van der Waals surface area contributed by atoms with Crippen molar-refractivity contribution in [1.82, 2.24) is 9.88 Å². The number of hydrogen-bond acceptors (Lipinski definition) is 4. The van der Waals surface area contributed by atoms with Gasteiger partial charge in [0.25, 0.3) is 0 Å². The van der Waals surface area contributed by atoms with Gasteiger partial charge in [-0.05, 0) is 56.8 Å². The summed E-state index contributed by atoms with van der Waals surface area (Å²) >= 11 is 0. The fourth-order valence-corrected chi connectivity index (χ4v) is 4.04. The molecule has 122 valence electrons. The van der Waals surface area contributed by atoms with Crippen molar-refractivity contribution in [3.63, 3.8) is 0 Å². The van der Waals surface area contributed by atoms with Crippen LogP contribution in [0.25, 0.3) is 0 Å². The Balaban J connectivity index is 1.59. The van der Waals surface area contributed by atoms with Crippen molar-refractivity contribution in [1.29, 1.82) is 0 Å². The van der Waals surface area contributed by atoms with Crippen LogP contribution in [0.1, 0.15) is 30.7 Å². The van der Waals surface area contributed by atoms with Crippen molar-refractivity contribution in [2.45, 2.75) is 32.7 Å². The third-order valence-electron chi connectivity index (χ3n) is 5.48. The van der Waals surface area contributed by atoms with E-state index in [9.17, 15) is 0 Å². The molecule has 4 nitrogen and oxygen atoms in total. The molecule has 2 aliphatic heterocycles. The first kappa shape index (κ1) is 15.9. The number of hydrogen-bond donors (Lipinski definition) is 0. The van der Waals surface area contributed by atoms with Crippen molar-refractivity contribution in [2.24, 2.45) is 11.3 Å². The Morgan fingerprint density at radius 3 is 2.86 bits per heavy atom. The molecular weight excluding hydrogens is 276 g/mol. The molecule has 0 radical (unpaired) electrons. The van der Waals surface area contributed by atoms with Crippen molar-refractivity contribution < 1.29 is 9.47 Å². The first-order valence-electron chi connectivity index (χ1n) is 8.43. The number of aromatic nitrogens is 1. The van der Waals surface area contributed by atoms with Crippen molar-refractivity contribution in [2.75, 3.05) is 40.0 Å². The van der Waals surface area contributed by atoms with Crippen LogP contribution < -0.4 is 0 Å². The first-order chi connectivity index (χ1) is 10.7. The van der Waals surface area contributed by atoms with Crippen LogP contribution in [-0.4, -0.2) is 49.9 Å². The van der Waals surface area contributed by atoms with Gasteiger partial charge in [-0.1, -0.05) is 6.07 Å². The number of piperidine rings is 1. The largest absolute Gasteiger partial charge is 0.384 e. The van der Waals surface area contributed by atoms with Gasteiger partial charge in [0.1, 0.15) is 0 Å². The lowest BCUT2D eigenvalue weighted by molar-refractivity contribution is -0.0951. The predicted molar refractivity (Wildman–Crippen MR) is 86.7 cm³/mol. The summed E-state index contributed by atoms with van der Waals surface area (Å²) in [5.74, 6) is 0.561. The average molecular weight is 304 g/mol. The standard InChI is InChI=1S/C18H28N2O2/c1-15-4-3-5-17(19-15)12-20-9-6-18(7-10-20)8-11-22-14-16(18)13-21-2/h3-5,16H,6-14H2,1-2H3. The summed E-state index contributed by atoms with van der Waals surface area (Å²) in [6, 6.07) is 6.31. The minimum atomic E-state index is 0.435. The molecule has 0 saturated carbocycles. The van der Waals surface area contributed by atoms with Crippen LogP contribution in [0.15, 0.2) is 18.2 Å². The Morgan fingerprint density at radius 2 is 2.14 bits per heavy atom. The summed E-state index contributed by atoms with van der Waals surface area (Å²) in [7, 11) is 1.81. The van der Waals surface area contributed by atoms with Gasteiger partial charge in [-0.15, -0.1) is 0 Å². The molecule has 22 heavy (non-hydrogen) atoms. The maximum absolute atomic E-state index is 5.69. The fraction of sp³-hybridized carbons (Fsp3) is 0.722. The number of nitrogens with zero attached hydrogens (tertiary/aromatic N) is 2. The Labute approximate surface area is 133 Å². The van der Waals surface area contributed by atoms with Gasteiger partial charge in [0.05, 0.1) is 18.9 Å². The van der Waals surface area contributed by atoms with Crippen LogP contribution in [-0.2, 0) is 16.0 Å². The van der Waals surface area contributed by atoms with Gasteiger partial charge in [0.2, 0.25) is 0 Å². The normalized spacial score (nSPS) is 25.5. The van der Waals surface area contributed by atoms with E-state index in [4.69, 9.17) is 9.47 Å². The van der Waals surface area contributed by atoms with Crippen LogP contribution in [0.5, 0.6) is 0 Å². The van der Waals surface area contributed by atoms with E-state index in [2.05, 4.69) is 35.0 Å². The Hall–Kier alpha value is -0.970. The molecule has 0 aliphatic carbocycles. The summed E-state index contributed by atoms with van der Waals surface area (Å²) in [4.78, 5) is 7.18. The summed E-state index contributed by atoms with van der Waals surface area (Å²) < 4.78 is 11.1. The highest BCUT2D eigenvalue weighted by atomic mass is 16.5. The van der Waals surface area contributed by atoms with Gasteiger partial charge in [0, 0.05) is 31.9 Å². The minimum Gasteiger partial charge on any atom is -0.384 e. The lowest BCUT2D eigenvalue weighted by Crippen LogP contribution is -2.49. The maximum Gasteiger partial charge on any atom is 0.0547 e. The molecule has 1 spiro atoms. The number of aryl methyl sites for hydroxylation is 1. The average Bonchev–Trinajstić information content (AvgIpc) is 2.52. The van der Waals surface area contributed by atoms with E-state index >= 15 is 0 Å². The molecule has 3 rings (SSSR count). The molecule has 1 aromatic rings. The van der Waals surface area contributed by atoms with E-state index < -0.39 is 0 Å². The van der Waals surface area contributed by atoms with Crippen LogP contribution in [0.4, 0.5) is 0 Å². The zero-order valence-electron chi connectivity index (χ0n) is 13.9. The van der Waals surface area contributed by atoms with E-state index in [0.717, 1.165) is 45.1 Å². The molecule has 2 aliphatic rings. The third kappa shape index (κ3) is 3.50. The van der Waals surface area contributed by atoms with Gasteiger partial charge in [-0.25, -0.2) is 0 Å². The molecule has 1 aromatic heterocycles. The van der Waals surface area contributed by atoms with Gasteiger partial charge >= 0.3 is 0 Å². The zero-order chi connectivity index (χ0) is 15.4. The highest BCUT2D eigenvalue weighted by molar-refractivity contribution is 5.10. The second kappa shape index (κ2) is 7.07. The van der Waals surface area contributed by atoms with Gasteiger partial charge in [0.15, 0.2) is 0 Å². The van der Waals surface area contributed by atoms with E-state index in [1.54, 1.807) is 7.11 Å². The molecule has 2 fully saturated rings. The van der Waals surface area contributed by atoms with E-state index in [-0.39, 0.29) is 0 Å². The molecule has 4 heteroatoms. The Morgan fingerprint density at radius 1 is 1.32 bits per heavy atom. The summed E-state index contributed by atoms with van der Waals surface area (Å²) in [5.41, 5.74) is 2.73. The quantitative estimate of drug-likeness (QED) is 0.856. The maximum atomic E-state index is 5.69. The number of likely N-dealkylation sites (tertiary alicyclic amines) is 1. The van der Waals surface area contributed by atoms with E-state index in [1.165, 1.54) is 25.0 Å². The highest BCUT2D eigenvalue weighted by Crippen LogP contribution is 2.44. The molecule has 0 N–H and O–H groups in total. The second-order valence-corrected chi connectivity index (χ2v) is 6.89. The highest BCUT2D eigenvalue weighted by Gasteiger charge is 2.43.